The van der Waals surface area contributed by atoms with Crippen molar-refractivity contribution >= 4 is 5.97 Å². The van der Waals surface area contributed by atoms with Gasteiger partial charge in [0.25, 0.3) is 0 Å². The van der Waals surface area contributed by atoms with E-state index in [1.807, 2.05) is 0 Å². The molecule has 1 aromatic carbocycles. The van der Waals surface area contributed by atoms with Gasteiger partial charge in [-0.2, -0.15) is 13.2 Å². The molecule has 0 atom stereocenters. The summed E-state index contributed by atoms with van der Waals surface area (Å²) in [5.74, 6) is -1.58. The summed E-state index contributed by atoms with van der Waals surface area (Å²) in [6.07, 6.45) is -2.23. The number of hydrogen-bond acceptors (Lipinski definition) is 2. The van der Waals surface area contributed by atoms with Crippen molar-refractivity contribution < 1.29 is 23.1 Å². The maximum Gasteiger partial charge on any atom is 0.417 e. The average molecular weight is 263 g/mol. The van der Waals surface area contributed by atoms with Crippen molar-refractivity contribution in [3.63, 3.8) is 0 Å². The second-order valence-corrected chi connectivity index (χ2v) is 3.49. The molecule has 0 aromatic heterocycles. The molecule has 0 spiro atoms. The highest BCUT2D eigenvalue weighted by atomic mass is 19.4. The van der Waals surface area contributed by atoms with E-state index in [2.05, 4.69) is 6.92 Å². The number of carboxylic acid groups (broad SMARTS) is 1. The Morgan fingerprint density at radius 1 is 1.33 bits per heavy atom. The minimum atomic E-state index is -4.62. The van der Waals surface area contributed by atoms with Gasteiger partial charge in [-0.15, -0.1) is 0 Å². The molecule has 0 aliphatic heterocycles. The number of halogens is 3. The fourth-order valence-corrected chi connectivity index (χ4v) is 1.12. The lowest BCUT2D eigenvalue weighted by Crippen LogP contribution is -2.12. The molecule has 0 bridgehead atoms. The normalized spacial score (nSPS) is 10.5. The van der Waals surface area contributed by atoms with Gasteiger partial charge in [0, 0.05) is 0 Å². The molecule has 0 amide bonds. The van der Waals surface area contributed by atoms with Crippen molar-refractivity contribution in [2.45, 2.75) is 25.9 Å². The quantitative estimate of drug-likeness (QED) is 0.880. The van der Waals surface area contributed by atoms with E-state index in [1.54, 1.807) is 0 Å². The van der Waals surface area contributed by atoms with Crippen molar-refractivity contribution in [2.75, 3.05) is 6.54 Å². The number of aromatic carboxylic acids is 1. The Labute approximate surface area is 103 Å². The van der Waals surface area contributed by atoms with E-state index in [9.17, 15) is 18.0 Å². The zero-order chi connectivity index (χ0) is 14.2. The van der Waals surface area contributed by atoms with Crippen LogP contribution in [0.4, 0.5) is 13.2 Å². The van der Waals surface area contributed by atoms with Gasteiger partial charge in [0.05, 0.1) is 11.1 Å². The Morgan fingerprint density at radius 2 is 1.89 bits per heavy atom. The van der Waals surface area contributed by atoms with Crippen LogP contribution >= 0.6 is 0 Å². The molecule has 102 valence electrons. The van der Waals surface area contributed by atoms with Crippen LogP contribution in [0.15, 0.2) is 24.3 Å². The second-order valence-electron chi connectivity index (χ2n) is 3.49. The second kappa shape index (κ2) is 7.71. The predicted octanol–water partition coefficient (Wildman–Crippen LogP) is 3.15. The fourth-order valence-electron chi connectivity index (χ4n) is 1.12. The maximum absolute atomic E-state index is 12.1. The first-order valence-electron chi connectivity index (χ1n) is 5.44. The third-order valence-corrected chi connectivity index (χ3v) is 2.02. The van der Waals surface area contributed by atoms with Crippen LogP contribution in [0.25, 0.3) is 0 Å². The van der Waals surface area contributed by atoms with Gasteiger partial charge in [0.1, 0.15) is 0 Å². The van der Waals surface area contributed by atoms with Gasteiger partial charge in [0.2, 0.25) is 0 Å². The number of rotatable bonds is 3. The highest BCUT2D eigenvalue weighted by Crippen LogP contribution is 2.31. The molecule has 0 unspecified atom stereocenters. The molecule has 3 N–H and O–H groups in total. The van der Waals surface area contributed by atoms with E-state index in [-0.39, 0.29) is 0 Å². The van der Waals surface area contributed by atoms with Gasteiger partial charge in [-0.25, -0.2) is 4.79 Å². The number of alkyl halides is 3. The molecule has 0 heterocycles. The minimum Gasteiger partial charge on any atom is -0.478 e. The first-order valence-corrected chi connectivity index (χ1v) is 5.44. The number of carboxylic acids is 1. The summed E-state index contributed by atoms with van der Waals surface area (Å²) in [4.78, 5) is 10.4. The molecular weight excluding hydrogens is 247 g/mol. The largest absolute Gasteiger partial charge is 0.478 e. The van der Waals surface area contributed by atoms with E-state index in [1.165, 1.54) is 18.9 Å². The van der Waals surface area contributed by atoms with E-state index < -0.39 is 23.3 Å². The Bertz CT molecular complexity index is 376. The van der Waals surface area contributed by atoms with Gasteiger partial charge in [-0.05, 0) is 25.1 Å². The van der Waals surface area contributed by atoms with Gasteiger partial charge >= 0.3 is 12.1 Å². The first-order chi connectivity index (χ1) is 8.34. The molecular formula is C12H16F3NO2. The highest BCUT2D eigenvalue weighted by Gasteiger charge is 2.34. The molecule has 6 heteroatoms. The molecule has 1 aromatic rings. The van der Waals surface area contributed by atoms with Crippen molar-refractivity contribution in [3.05, 3.63) is 35.4 Å². The van der Waals surface area contributed by atoms with Gasteiger partial charge < -0.3 is 10.8 Å². The zero-order valence-corrected chi connectivity index (χ0v) is 10.00. The number of carbonyl (C=O) groups is 1. The number of benzene rings is 1. The number of unbranched alkanes of at least 4 members (excludes halogenated alkanes) is 1. The molecule has 0 fully saturated rings. The monoisotopic (exact) mass is 263 g/mol. The summed E-state index contributed by atoms with van der Waals surface area (Å²) >= 11 is 0. The molecule has 0 aliphatic rings. The smallest absolute Gasteiger partial charge is 0.417 e. The van der Waals surface area contributed by atoms with Crippen LogP contribution in [0.2, 0.25) is 0 Å². The Kier molecular flexibility index (Phi) is 7.04. The van der Waals surface area contributed by atoms with Crippen LogP contribution in [-0.2, 0) is 6.18 Å². The van der Waals surface area contributed by atoms with Crippen molar-refractivity contribution in [1.82, 2.24) is 0 Å². The molecule has 18 heavy (non-hydrogen) atoms. The lowest BCUT2D eigenvalue weighted by atomic mass is 10.1. The molecule has 0 saturated heterocycles. The molecule has 0 aliphatic carbocycles. The molecule has 0 saturated carbocycles. The van der Waals surface area contributed by atoms with Crippen molar-refractivity contribution in [3.8, 4) is 0 Å². The topological polar surface area (TPSA) is 63.3 Å². The average Bonchev–Trinajstić information content (AvgIpc) is 2.30. The number of hydrogen-bond donors (Lipinski definition) is 2. The van der Waals surface area contributed by atoms with Crippen LogP contribution in [-0.4, -0.2) is 17.6 Å². The Morgan fingerprint density at radius 3 is 2.17 bits per heavy atom. The van der Waals surface area contributed by atoms with E-state index in [0.717, 1.165) is 24.7 Å². The first kappa shape index (κ1) is 16.4. The van der Waals surface area contributed by atoms with Crippen molar-refractivity contribution in [1.29, 1.82) is 0 Å². The Balaban J connectivity index is 0.000000494. The summed E-state index contributed by atoms with van der Waals surface area (Å²) in [6, 6.07) is 4.06. The van der Waals surface area contributed by atoms with Gasteiger partial charge in [-0.1, -0.05) is 25.5 Å². The van der Waals surface area contributed by atoms with Crippen molar-refractivity contribution in [2.24, 2.45) is 5.73 Å². The zero-order valence-electron chi connectivity index (χ0n) is 10.00. The SMILES string of the molecule is CCCCN.O=C(O)c1ccccc1C(F)(F)F. The lowest BCUT2D eigenvalue weighted by Gasteiger charge is -2.08. The molecule has 3 nitrogen and oxygen atoms in total. The van der Waals surface area contributed by atoms with Gasteiger partial charge in [0.15, 0.2) is 0 Å². The van der Waals surface area contributed by atoms with Crippen LogP contribution in [0, 0.1) is 0 Å². The summed E-state index contributed by atoms with van der Waals surface area (Å²) < 4.78 is 36.4. The number of nitrogens with two attached hydrogens (primary N) is 1. The third kappa shape index (κ3) is 5.67. The predicted molar refractivity (Wildman–Crippen MR) is 62.4 cm³/mol. The van der Waals surface area contributed by atoms with Crippen LogP contribution in [0.5, 0.6) is 0 Å². The molecule has 1 rings (SSSR count). The van der Waals surface area contributed by atoms with E-state index >= 15 is 0 Å². The van der Waals surface area contributed by atoms with Gasteiger partial charge in [-0.3, -0.25) is 0 Å². The summed E-state index contributed by atoms with van der Waals surface area (Å²) in [5.41, 5.74) is 3.29. The summed E-state index contributed by atoms with van der Waals surface area (Å²) in [6.45, 7) is 2.98. The summed E-state index contributed by atoms with van der Waals surface area (Å²) in [7, 11) is 0. The standard InChI is InChI=1S/C8H5F3O2.C4H11N/c9-8(10,11)6-4-2-1-3-5(6)7(12)13;1-2-3-4-5/h1-4H,(H,12,13);2-5H2,1H3. The summed E-state index contributed by atoms with van der Waals surface area (Å²) in [5, 5.41) is 8.43. The van der Waals surface area contributed by atoms with E-state index in [4.69, 9.17) is 10.8 Å². The Hall–Kier alpha value is -1.56. The van der Waals surface area contributed by atoms with Crippen LogP contribution in [0.3, 0.4) is 0 Å². The minimum absolute atomic E-state index is 0.727. The third-order valence-electron chi connectivity index (χ3n) is 2.02. The lowest BCUT2D eigenvalue weighted by molar-refractivity contribution is -0.138. The molecule has 0 radical (unpaired) electrons. The highest BCUT2D eigenvalue weighted by molar-refractivity contribution is 5.89. The maximum atomic E-state index is 12.1. The van der Waals surface area contributed by atoms with Crippen LogP contribution < -0.4 is 5.73 Å². The fraction of sp³-hybridized carbons (Fsp3) is 0.417. The van der Waals surface area contributed by atoms with E-state index in [0.29, 0.717) is 0 Å². The van der Waals surface area contributed by atoms with Crippen LogP contribution in [0.1, 0.15) is 35.7 Å².